The Morgan fingerprint density at radius 2 is 2.53 bits per heavy atom. The minimum absolute atomic E-state index is 0.467. The van der Waals surface area contributed by atoms with Crippen LogP contribution in [0.3, 0.4) is 0 Å². The molecule has 90 valence electrons. The number of rotatable bonds is 4. The molecular formula is C13H18N4. The predicted molar refractivity (Wildman–Crippen MR) is 67.7 cm³/mol. The van der Waals surface area contributed by atoms with Crippen LogP contribution in [0.5, 0.6) is 0 Å². The third-order valence-electron chi connectivity index (χ3n) is 3.16. The van der Waals surface area contributed by atoms with E-state index in [1.54, 1.807) is 12.3 Å². The van der Waals surface area contributed by atoms with Crippen LogP contribution in [0, 0.1) is 17.2 Å². The quantitative estimate of drug-likeness (QED) is 0.827. The number of piperidine rings is 1. The molecule has 1 aromatic rings. The summed E-state index contributed by atoms with van der Waals surface area (Å²) in [5.41, 5.74) is 1.45. The molecule has 1 unspecified atom stereocenters. The molecule has 17 heavy (non-hydrogen) atoms. The first-order chi connectivity index (χ1) is 8.38. The number of anilines is 1. The summed E-state index contributed by atoms with van der Waals surface area (Å²) in [7, 11) is 0. The SMILES string of the molecule is N#Cc1cc(NCCC2CCCNC2)ccn1. The van der Waals surface area contributed by atoms with Gasteiger partial charge in [-0.05, 0) is 50.4 Å². The van der Waals surface area contributed by atoms with Crippen molar-refractivity contribution in [3.05, 3.63) is 24.0 Å². The number of hydrogen-bond acceptors (Lipinski definition) is 4. The molecule has 1 aromatic heterocycles. The van der Waals surface area contributed by atoms with E-state index in [2.05, 4.69) is 15.6 Å². The van der Waals surface area contributed by atoms with Gasteiger partial charge in [0.1, 0.15) is 11.8 Å². The van der Waals surface area contributed by atoms with E-state index >= 15 is 0 Å². The molecule has 2 rings (SSSR count). The standard InChI is InChI=1S/C13H18N4/c14-9-13-8-12(4-7-17-13)16-6-3-11-2-1-5-15-10-11/h4,7-8,11,15H,1-3,5-6,10H2,(H,16,17). The van der Waals surface area contributed by atoms with Crippen molar-refractivity contribution in [3.8, 4) is 6.07 Å². The van der Waals surface area contributed by atoms with Crippen molar-refractivity contribution < 1.29 is 0 Å². The van der Waals surface area contributed by atoms with Gasteiger partial charge in [-0.15, -0.1) is 0 Å². The van der Waals surface area contributed by atoms with E-state index in [0.29, 0.717) is 5.69 Å². The lowest BCUT2D eigenvalue weighted by Gasteiger charge is -2.22. The van der Waals surface area contributed by atoms with E-state index < -0.39 is 0 Å². The molecule has 1 aliphatic rings. The zero-order valence-electron chi connectivity index (χ0n) is 9.95. The summed E-state index contributed by atoms with van der Waals surface area (Å²) in [6, 6.07) is 5.74. The second-order valence-corrected chi connectivity index (χ2v) is 4.47. The van der Waals surface area contributed by atoms with Gasteiger partial charge in [0.05, 0.1) is 0 Å². The zero-order valence-corrected chi connectivity index (χ0v) is 9.95. The molecule has 0 aliphatic carbocycles. The molecule has 0 aromatic carbocycles. The highest BCUT2D eigenvalue weighted by Gasteiger charge is 2.11. The fourth-order valence-electron chi connectivity index (χ4n) is 2.19. The smallest absolute Gasteiger partial charge is 0.142 e. The van der Waals surface area contributed by atoms with Crippen LogP contribution < -0.4 is 10.6 Å². The second kappa shape index (κ2) is 6.21. The predicted octanol–water partition coefficient (Wildman–Crippen LogP) is 1.75. The maximum absolute atomic E-state index is 8.74. The molecule has 4 heteroatoms. The van der Waals surface area contributed by atoms with Gasteiger partial charge in [0.25, 0.3) is 0 Å². The van der Waals surface area contributed by atoms with Crippen molar-refractivity contribution in [2.24, 2.45) is 5.92 Å². The topological polar surface area (TPSA) is 60.7 Å². The summed E-state index contributed by atoms with van der Waals surface area (Å²) in [4.78, 5) is 3.94. The molecular weight excluding hydrogens is 212 g/mol. The summed E-state index contributed by atoms with van der Waals surface area (Å²) in [6.07, 6.45) is 5.47. The number of hydrogen-bond donors (Lipinski definition) is 2. The van der Waals surface area contributed by atoms with Crippen LogP contribution in [0.25, 0.3) is 0 Å². The van der Waals surface area contributed by atoms with Gasteiger partial charge in [0.2, 0.25) is 0 Å². The molecule has 1 atom stereocenters. The highest BCUT2D eigenvalue weighted by atomic mass is 14.9. The summed E-state index contributed by atoms with van der Waals surface area (Å²) < 4.78 is 0. The molecule has 0 saturated carbocycles. The van der Waals surface area contributed by atoms with E-state index in [1.807, 2.05) is 12.1 Å². The summed E-state index contributed by atoms with van der Waals surface area (Å²) >= 11 is 0. The Morgan fingerprint density at radius 3 is 3.29 bits per heavy atom. The number of nitrogens with zero attached hydrogens (tertiary/aromatic N) is 2. The van der Waals surface area contributed by atoms with Crippen LogP contribution >= 0.6 is 0 Å². The van der Waals surface area contributed by atoms with E-state index in [1.165, 1.54) is 25.8 Å². The molecule has 0 spiro atoms. The van der Waals surface area contributed by atoms with Gasteiger partial charge < -0.3 is 10.6 Å². The van der Waals surface area contributed by atoms with Crippen molar-refractivity contribution >= 4 is 5.69 Å². The van der Waals surface area contributed by atoms with Gasteiger partial charge in [0, 0.05) is 18.4 Å². The van der Waals surface area contributed by atoms with Gasteiger partial charge in [-0.2, -0.15) is 5.26 Å². The molecule has 0 amide bonds. The van der Waals surface area contributed by atoms with Crippen LogP contribution in [0.1, 0.15) is 25.0 Å². The fourth-order valence-corrected chi connectivity index (χ4v) is 2.19. The van der Waals surface area contributed by atoms with E-state index in [-0.39, 0.29) is 0 Å². The number of nitriles is 1. The van der Waals surface area contributed by atoms with Gasteiger partial charge in [-0.25, -0.2) is 4.98 Å². The Bertz CT molecular complexity index is 391. The average Bonchev–Trinajstić information content (AvgIpc) is 2.40. The highest BCUT2D eigenvalue weighted by molar-refractivity contribution is 5.45. The van der Waals surface area contributed by atoms with Crippen molar-refractivity contribution in [2.45, 2.75) is 19.3 Å². The highest BCUT2D eigenvalue weighted by Crippen LogP contribution is 2.14. The maximum Gasteiger partial charge on any atom is 0.142 e. The van der Waals surface area contributed by atoms with Crippen LogP contribution in [0.15, 0.2) is 18.3 Å². The monoisotopic (exact) mass is 230 g/mol. The Morgan fingerprint density at radius 1 is 1.59 bits per heavy atom. The molecule has 0 bridgehead atoms. The van der Waals surface area contributed by atoms with Crippen molar-refractivity contribution in [3.63, 3.8) is 0 Å². The minimum atomic E-state index is 0.467. The molecule has 1 aliphatic heterocycles. The first-order valence-corrected chi connectivity index (χ1v) is 6.19. The lowest BCUT2D eigenvalue weighted by Crippen LogP contribution is -2.30. The molecule has 2 N–H and O–H groups in total. The Labute approximate surface area is 102 Å². The third-order valence-corrected chi connectivity index (χ3v) is 3.16. The summed E-state index contributed by atoms with van der Waals surface area (Å²) in [5, 5.41) is 15.5. The summed E-state index contributed by atoms with van der Waals surface area (Å²) in [5.74, 6) is 0.786. The average molecular weight is 230 g/mol. The molecule has 1 fully saturated rings. The lowest BCUT2D eigenvalue weighted by molar-refractivity contribution is 0.364. The Hall–Kier alpha value is -1.60. The minimum Gasteiger partial charge on any atom is -0.385 e. The van der Waals surface area contributed by atoms with Crippen molar-refractivity contribution in [1.29, 1.82) is 5.26 Å². The van der Waals surface area contributed by atoms with E-state index in [0.717, 1.165) is 24.7 Å². The third kappa shape index (κ3) is 3.72. The molecule has 0 radical (unpaired) electrons. The lowest BCUT2D eigenvalue weighted by atomic mass is 9.96. The normalized spacial score (nSPS) is 19.6. The zero-order chi connectivity index (χ0) is 11.9. The van der Waals surface area contributed by atoms with Crippen LogP contribution in [0.4, 0.5) is 5.69 Å². The second-order valence-electron chi connectivity index (χ2n) is 4.47. The van der Waals surface area contributed by atoms with Gasteiger partial charge in [-0.1, -0.05) is 0 Å². The summed E-state index contributed by atoms with van der Waals surface area (Å²) in [6.45, 7) is 3.27. The molecule has 4 nitrogen and oxygen atoms in total. The Kier molecular flexibility index (Phi) is 4.34. The number of pyridine rings is 1. The fraction of sp³-hybridized carbons (Fsp3) is 0.538. The van der Waals surface area contributed by atoms with Crippen molar-refractivity contribution in [2.75, 3.05) is 25.0 Å². The van der Waals surface area contributed by atoms with Gasteiger partial charge in [-0.3, -0.25) is 0 Å². The van der Waals surface area contributed by atoms with E-state index in [9.17, 15) is 0 Å². The maximum atomic E-state index is 8.74. The van der Waals surface area contributed by atoms with E-state index in [4.69, 9.17) is 5.26 Å². The number of aromatic nitrogens is 1. The largest absolute Gasteiger partial charge is 0.385 e. The number of nitrogens with one attached hydrogen (secondary N) is 2. The first-order valence-electron chi connectivity index (χ1n) is 6.19. The van der Waals surface area contributed by atoms with Crippen molar-refractivity contribution in [1.82, 2.24) is 10.3 Å². The van der Waals surface area contributed by atoms with Gasteiger partial charge in [0.15, 0.2) is 0 Å². The Balaban J connectivity index is 1.75. The molecule has 1 saturated heterocycles. The van der Waals surface area contributed by atoms with Gasteiger partial charge >= 0.3 is 0 Å². The van der Waals surface area contributed by atoms with Crippen LogP contribution in [-0.2, 0) is 0 Å². The van der Waals surface area contributed by atoms with Crippen LogP contribution in [-0.4, -0.2) is 24.6 Å². The first kappa shape index (κ1) is 11.9. The molecule has 2 heterocycles. The van der Waals surface area contributed by atoms with Crippen LogP contribution in [0.2, 0.25) is 0 Å².